The van der Waals surface area contributed by atoms with E-state index in [4.69, 9.17) is 0 Å². The second-order valence-electron chi connectivity index (χ2n) is 5.82. The van der Waals surface area contributed by atoms with Crippen LogP contribution in [0.15, 0.2) is 30.3 Å². The van der Waals surface area contributed by atoms with E-state index in [9.17, 15) is 8.42 Å². The Morgan fingerprint density at radius 1 is 1.25 bits per heavy atom. The van der Waals surface area contributed by atoms with E-state index in [1.807, 2.05) is 6.07 Å². The van der Waals surface area contributed by atoms with Gasteiger partial charge >= 0.3 is 0 Å². The molecule has 0 bridgehead atoms. The van der Waals surface area contributed by atoms with Crippen LogP contribution >= 0.6 is 0 Å². The predicted octanol–water partition coefficient (Wildman–Crippen LogP) is 2.94. The highest BCUT2D eigenvalue weighted by molar-refractivity contribution is 7.91. The molecule has 112 valence electrons. The van der Waals surface area contributed by atoms with E-state index in [1.165, 1.54) is 11.8 Å². The first-order chi connectivity index (χ1) is 9.52. The fraction of sp³-hybridized carbons (Fsp3) is 0.625. The summed E-state index contributed by atoms with van der Waals surface area (Å²) >= 11 is 0. The van der Waals surface area contributed by atoms with E-state index in [0.29, 0.717) is 5.92 Å². The van der Waals surface area contributed by atoms with Crippen LogP contribution in [0.4, 0.5) is 0 Å². The fourth-order valence-electron chi connectivity index (χ4n) is 3.31. The van der Waals surface area contributed by atoms with Crippen LogP contribution in [0, 0.1) is 5.92 Å². The van der Waals surface area contributed by atoms with Gasteiger partial charge in [-0.2, -0.15) is 0 Å². The van der Waals surface area contributed by atoms with Gasteiger partial charge in [0.25, 0.3) is 0 Å². The SMILES string of the molecule is CCNC(c1ccccc1)C1CCCC(S(C)(=O)=O)C1. The molecule has 3 nitrogen and oxygen atoms in total. The molecule has 3 atom stereocenters. The van der Waals surface area contributed by atoms with Gasteiger partial charge < -0.3 is 5.32 Å². The number of hydrogen-bond acceptors (Lipinski definition) is 3. The lowest BCUT2D eigenvalue weighted by atomic mass is 9.81. The minimum Gasteiger partial charge on any atom is -0.310 e. The van der Waals surface area contributed by atoms with Crippen LogP contribution in [-0.4, -0.2) is 26.5 Å². The molecule has 1 fully saturated rings. The first-order valence-electron chi connectivity index (χ1n) is 7.49. The molecule has 0 spiro atoms. The Morgan fingerprint density at radius 2 is 1.95 bits per heavy atom. The van der Waals surface area contributed by atoms with Crippen molar-refractivity contribution in [2.45, 2.75) is 43.9 Å². The van der Waals surface area contributed by atoms with Crippen molar-refractivity contribution in [3.63, 3.8) is 0 Å². The third kappa shape index (κ3) is 3.83. The second-order valence-corrected chi connectivity index (χ2v) is 8.15. The molecule has 1 aromatic rings. The standard InChI is InChI=1S/C16H25NO2S/c1-3-17-16(13-8-5-4-6-9-13)14-10-7-11-15(12-14)20(2,18)19/h4-6,8-9,14-17H,3,7,10-12H2,1-2H3. The maximum absolute atomic E-state index is 11.8. The Bertz CT molecular complexity index is 513. The summed E-state index contributed by atoms with van der Waals surface area (Å²) in [5, 5.41) is 3.38. The maximum atomic E-state index is 11.8. The molecular weight excluding hydrogens is 270 g/mol. The van der Waals surface area contributed by atoms with Gasteiger partial charge in [-0.3, -0.25) is 0 Å². The number of benzene rings is 1. The van der Waals surface area contributed by atoms with Gasteiger partial charge in [-0.1, -0.05) is 43.7 Å². The lowest BCUT2D eigenvalue weighted by molar-refractivity contribution is 0.275. The van der Waals surface area contributed by atoms with E-state index in [0.717, 1.165) is 32.2 Å². The highest BCUT2D eigenvalue weighted by Gasteiger charge is 2.33. The third-order valence-electron chi connectivity index (χ3n) is 4.33. The number of rotatable bonds is 5. The van der Waals surface area contributed by atoms with Crippen LogP contribution in [0.2, 0.25) is 0 Å². The van der Waals surface area contributed by atoms with Crippen molar-refractivity contribution in [2.24, 2.45) is 5.92 Å². The number of hydrogen-bond donors (Lipinski definition) is 1. The summed E-state index contributed by atoms with van der Waals surface area (Å²) < 4.78 is 23.7. The fourth-order valence-corrected chi connectivity index (χ4v) is 4.50. The largest absolute Gasteiger partial charge is 0.310 e. The van der Waals surface area contributed by atoms with Gasteiger partial charge in [0, 0.05) is 12.3 Å². The summed E-state index contributed by atoms with van der Waals surface area (Å²) in [5.41, 5.74) is 1.27. The van der Waals surface area contributed by atoms with Crippen LogP contribution < -0.4 is 5.32 Å². The molecule has 0 aliphatic heterocycles. The first-order valence-corrected chi connectivity index (χ1v) is 9.45. The third-order valence-corrected chi connectivity index (χ3v) is 5.97. The molecule has 0 heterocycles. The highest BCUT2D eigenvalue weighted by atomic mass is 32.2. The molecule has 1 aliphatic carbocycles. The van der Waals surface area contributed by atoms with Crippen LogP contribution in [0.5, 0.6) is 0 Å². The van der Waals surface area contributed by atoms with Crippen molar-refractivity contribution in [1.29, 1.82) is 0 Å². The van der Waals surface area contributed by atoms with Crippen molar-refractivity contribution in [2.75, 3.05) is 12.8 Å². The van der Waals surface area contributed by atoms with E-state index < -0.39 is 9.84 Å². The molecule has 0 radical (unpaired) electrons. The van der Waals surface area contributed by atoms with Crippen LogP contribution in [0.25, 0.3) is 0 Å². The monoisotopic (exact) mass is 295 g/mol. The maximum Gasteiger partial charge on any atom is 0.150 e. The molecule has 1 aromatic carbocycles. The number of sulfone groups is 1. The van der Waals surface area contributed by atoms with E-state index >= 15 is 0 Å². The normalized spacial score (nSPS) is 25.3. The Kier molecular flexibility index (Phi) is 5.22. The number of nitrogens with one attached hydrogen (secondary N) is 1. The van der Waals surface area contributed by atoms with Crippen molar-refractivity contribution in [3.05, 3.63) is 35.9 Å². The summed E-state index contributed by atoms with van der Waals surface area (Å²) in [6.07, 6.45) is 5.11. The zero-order valence-electron chi connectivity index (χ0n) is 12.4. The minimum atomic E-state index is -2.92. The molecule has 1 aliphatic rings. The molecule has 4 heteroatoms. The quantitative estimate of drug-likeness (QED) is 0.908. The zero-order valence-corrected chi connectivity index (χ0v) is 13.2. The van der Waals surface area contributed by atoms with Gasteiger partial charge in [0.1, 0.15) is 9.84 Å². The summed E-state index contributed by atoms with van der Waals surface area (Å²) in [7, 11) is -2.92. The summed E-state index contributed by atoms with van der Waals surface area (Å²) in [4.78, 5) is 0. The van der Waals surface area contributed by atoms with Crippen molar-refractivity contribution >= 4 is 9.84 Å². The van der Waals surface area contributed by atoms with E-state index in [-0.39, 0.29) is 11.3 Å². The molecule has 0 amide bonds. The summed E-state index contributed by atoms with van der Waals surface area (Å²) in [5.74, 6) is 0.408. The molecule has 0 aromatic heterocycles. The topological polar surface area (TPSA) is 46.2 Å². The van der Waals surface area contributed by atoms with Crippen molar-refractivity contribution < 1.29 is 8.42 Å². The minimum absolute atomic E-state index is 0.161. The Labute approximate surface area is 122 Å². The van der Waals surface area contributed by atoms with E-state index in [2.05, 4.69) is 36.5 Å². The average molecular weight is 295 g/mol. The zero-order chi connectivity index (χ0) is 14.6. The first kappa shape index (κ1) is 15.5. The molecule has 1 saturated carbocycles. The van der Waals surface area contributed by atoms with Gasteiger partial charge in [0.05, 0.1) is 5.25 Å². The van der Waals surface area contributed by atoms with Gasteiger partial charge in [-0.05, 0) is 37.3 Å². The average Bonchev–Trinajstić information content (AvgIpc) is 2.45. The van der Waals surface area contributed by atoms with Crippen molar-refractivity contribution in [3.8, 4) is 0 Å². The van der Waals surface area contributed by atoms with Crippen LogP contribution in [0.3, 0.4) is 0 Å². The Morgan fingerprint density at radius 3 is 2.55 bits per heavy atom. The second kappa shape index (κ2) is 6.72. The molecule has 0 saturated heterocycles. The van der Waals surface area contributed by atoms with E-state index in [1.54, 1.807) is 0 Å². The smallest absolute Gasteiger partial charge is 0.150 e. The van der Waals surface area contributed by atoms with Gasteiger partial charge in [-0.25, -0.2) is 8.42 Å². The van der Waals surface area contributed by atoms with Crippen LogP contribution in [-0.2, 0) is 9.84 Å². The molecule has 1 N–H and O–H groups in total. The van der Waals surface area contributed by atoms with Gasteiger partial charge in [-0.15, -0.1) is 0 Å². The lowest BCUT2D eigenvalue weighted by Gasteiger charge is -2.34. The van der Waals surface area contributed by atoms with Crippen LogP contribution in [0.1, 0.15) is 44.2 Å². The molecule has 3 unspecified atom stereocenters. The van der Waals surface area contributed by atoms with Gasteiger partial charge in [0.2, 0.25) is 0 Å². The lowest BCUT2D eigenvalue weighted by Crippen LogP contribution is -2.35. The summed E-state index contributed by atoms with van der Waals surface area (Å²) in [6.45, 7) is 3.01. The highest BCUT2D eigenvalue weighted by Crippen LogP contribution is 2.36. The van der Waals surface area contributed by atoms with Gasteiger partial charge in [0.15, 0.2) is 0 Å². The molecule has 2 rings (SSSR count). The summed E-state index contributed by atoms with van der Waals surface area (Å²) in [6, 6.07) is 10.7. The Balaban J connectivity index is 2.17. The Hall–Kier alpha value is -0.870. The molecular formula is C16H25NO2S. The molecule has 20 heavy (non-hydrogen) atoms. The predicted molar refractivity (Wildman–Crippen MR) is 83.4 cm³/mol. The van der Waals surface area contributed by atoms with Crippen molar-refractivity contribution in [1.82, 2.24) is 5.32 Å².